The monoisotopic (exact) mass is 347 g/mol. The van der Waals surface area contributed by atoms with Crippen LogP contribution in [-0.4, -0.2) is 5.72 Å². The van der Waals surface area contributed by atoms with E-state index in [1.54, 1.807) is 13.0 Å². The van der Waals surface area contributed by atoms with Gasteiger partial charge in [0.15, 0.2) is 11.3 Å². The van der Waals surface area contributed by atoms with E-state index in [2.05, 4.69) is 27.3 Å². The average Bonchev–Trinajstić information content (AvgIpc) is 2.74. The van der Waals surface area contributed by atoms with Crippen LogP contribution in [0.4, 0.5) is 5.69 Å². The fourth-order valence-corrected chi connectivity index (χ4v) is 3.15. The van der Waals surface area contributed by atoms with Crippen LogP contribution < -0.4 is 15.8 Å². The zero-order chi connectivity index (χ0) is 15.4. The van der Waals surface area contributed by atoms with E-state index < -0.39 is 5.72 Å². The van der Waals surface area contributed by atoms with E-state index >= 15 is 0 Å². The highest BCUT2D eigenvalue weighted by Crippen LogP contribution is 2.48. The normalized spacial score (nSPS) is 22.9. The summed E-state index contributed by atoms with van der Waals surface area (Å²) in [6, 6.07) is 4.07. The number of nitriles is 1. The Bertz CT molecular complexity index is 761. The largest absolute Gasteiger partial charge is 0.456 e. The molecule has 0 aliphatic carbocycles. The molecule has 0 unspecified atom stereocenters. The van der Waals surface area contributed by atoms with Crippen LogP contribution in [0.15, 0.2) is 33.8 Å². The highest BCUT2D eigenvalue weighted by atomic mass is 79.9. The third kappa shape index (κ3) is 1.88. The van der Waals surface area contributed by atoms with Crippen molar-refractivity contribution in [3.8, 4) is 11.8 Å². The summed E-state index contributed by atoms with van der Waals surface area (Å²) in [7, 11) is 0. The second kappa shape index (κ2) is 4.43. The highest BCUT2D eigenvalue weighted by molar-refractivity contribution is 9.10. The van der Waals surface area contributed by atoms with Crippen LogP contribution in [0.1, 0.15) is 18.1 Å². The molecule has 0 amide bonds. The van der Waals surface area contributed by atoms with E-state index in [4.69, 9.17) is 15.2 Å². The topological polar surface area (TPSA) is 80.3 Å². The Labute approximate surface area is 131 Å². The number of rotatable bonds is 0. The van der Waals surface area contributed by atoms with Crippen molar-refractivity contribution < 1.29 is 9.47 Å². The third-order valence-corrected chi connectivity index (χ3v) is 4.67. The number of aryl methyl sites for hydroxylation is 1. The van der Waals surface area contributed by atoms with E-state index in [1.165, 1.54) is 0 Å². The van der Waals surface area contributed by atoms with E-state index in [0.29, 0.717) is 11.5 Å². The molecule has 0 radical (unpaired) electrons. The summed E-state index contributed by atoms with van der Waals surface area (Å²) in [4.78, 5) is 0. The molecule has 0 aromatic heterocycles. The van der Waals surface area contributed by atoms with Crippen molar-refractivity contribution in [2.24, 2.45) is 5.73 Å². The van der Waals surface area contributed by atoms with Gasteiger partial charge in [-0.25, -0.2) is 0 Å². The van der Waals surface area contributed by atoms with Crippen LogP contribution >= 0.6 is 15.9 Å². The van der Waals surface area contributed by atoms with Gasteiger partial charge in [-0.1, -0.05) is 0 Å². The molecule has 1 atom stereocenters. The number of nitrogens with two attached hydrogens (primary N) is 1. The minimum atomic E-state index is -1.10. The molecule has 1 aromatic carbocycles. The molecule has 0 fully saturated rings. The number of allylic oxidation sites excluding steroid dienone is 1. The lowest BCUT2D eigenvalue weighted by Gasteiger charge is -2.30. The van der Waals surface area contributed by atoms with Crippen molar-refractivity contribution in [2.75, 3.05) is 5.32 Å². The number of halogens is 1. The number of anilines is 1. The Balaban J connectivity index is 2.18. The van der Waals surface area contributed by atoms with Gasteiger partial charge in [0.25, 0.3) is 0 Å². The van der Waals surface area contributed by atoms with Crippen molar-refractivity contribution in [1.82, 2.24) is 0 Å². The number of nitrogens with one attached hydrogen (secondary N) is 1. The summed E-state index contributed by atoms with van der Waals surface area (Å²) >= 11 is 3.56. The number of fused-ring (bicyclic) bond motifs is 1. The number of benzene rings is 1. The maximum absolute atomic E-state index is 9.40. The SMILES string of the molecule is CC1=C[C@@]2(Nc3cc(C)c(C)c(Br)c3O2)C(C#N)=C(N)O1. The minimum absolute atomic E-state index is 0.0578. The number of hydrogen-bond donors (Lipinski definition) is 2. The van der Waals surface area contributed by atoms with Crippen LogP contribution in [0.3, 0.4) is 0 Å². The Morgan fingerprint density at radius 1 is 1.38 bits per heavy atom. The number of nitrogens with zero attached hydrogens (tertiary/aromatic N) is 1. The molecule has 1 spiro atoms. The first-order chi connectivity index (χ1) is 9.88. The van der Waals surface area contributed by atoms with Crippen LogP contribution in [0.25, 0.3) is 0 Å². The van der Waals surface area contributed by atoms with E-state index in [9.17, 15) is 5.26 Å². The van der Waals surface area contributed by atoms with Gasteiger partial charge in [0.05, 0.1) is 10.2 Å². The molecule has 2 aliphatic rings. The number of ether oxygens (including phenoxy) is 2. The molecule has 2 heterocycles. The van der Waals surface area contributed by atoms with Gasteiger partial charge in [-0.2, -0.15) is 5.26 Å². The fourth-order valence-electron chi connectivity index (χ4n) is 2.54. The third-order valence-electron chi connectivity index (χ3n) is 3.72. The molecule has 2 aliphatic heterocycles. The molecule has 3 rings (SSSR count). The molecule has 0 saturated carbocycles. The molecular formula is C15H14BrN3O2. The Hall–Kier alpha value is -2.13. The zero-order valence-electron chi connectivity index (χ0n) is 11.9. The molecule has 108 valence electrons. The summed E-state index contributed by atoms with van der Waals surface area (Å²) in [5, 5.41) is 12.7. The predicted octanol–water partition coefficient (Wildman–Crippen LogP) is 3.19. The van der Waals surface area contributed by atoms with E-state index in [1.807, 2.05) is 19.9 Å². The lowest BCUT2D eigenvalue weighted by molar-refractivity contribution is 0.174. The van der Waals surface area contributed by atoms with E-state index in [0.717, 1.165) is 21.3 Å². The summed E-state index contributed by atoms with van der Waals surface area (Å²) in [5.41, 5.74) is 7.97. The molecule has 1 aromatic rings. The Kier molecular flexibility index (Phi) is 2.92. The average molecular weight is 348 g/mol. The molecule has 0 saturated heterocycles. The second-order valence-corrected chi connectivity index (χ2v) is 5.97. The van der Waals surface area contributed by atoms with Gasteiger partial charge >= 0.3 is 0 Å². The van der Waals surface area contributed by atoms with Crippen molar-refractivity contribution in [2.45, 2.75) is 26.5 Å². The van der Waals surface area contributed by atoms with Gasteiger partial charge in [0.1, 0.15) is 11.8 Å². The van der Waals surface area contributed by atoms with Gasteiger partial charge in [-0.15, -0.1) is 0 Å². The lowest BCUT2D eigenvalue weighted by Crippen LogP contribution is -2.44. The summed E-state index contributed by atoms with van der Waals surface area (Å²) < 4.78 is 12.3. The van der Waals surface area contributed by atoms with Gasteiger partial charge in [-0.05, 0) is 53.9 Å². The van der Waals surface area contributed by atoms with Crippen molar-refractivity contribution >= 4 is 21.6 Å². The molecule has 6 heteroatoms. The fraction of sp³-hybridized carbons (Fsp3) is 0.267. The van der Waals surface area contributed by atoms with Crippen LogP contribution in [0, 0.1) is 25.2 Å². The van der Waals surface area contributed by atoms with Crippen molar-refractivity contribution in [3.05, 3.63) is 45.0 Å². The van der Waals surface area contributed by atoms with Crippen molar-refractivity contribution in [1.29, 1.82) is 5.26 Å². The second-order valence-electron chi connectivity index (χ2n) is 5.18. The first-order valence-corrected chi connectivity index (χ1v) is 7.22. The lowest BCUT2D eigenvalue weighted by atomic mass is 10.0. The van der Waals surface area contributed by atoms with E-state index in [-0.39, 0.29) is 11.5 Å². The molecular weight excluding hydrogens is 334 g/mol. The minimum Gasteiger partial charge on any atom is -0.456 e. The highest BCUT2D eigenvalue weighted by Gasteiger charge is 2.46. The first kappa shape index (κ1) is 13.8. The maximum atomic E-state index is 9.40. The van der Waals surface area contributed by atoms with Gasteiger partial charge < -0.3 is 20.5 Å². The Morgan fingerprint density at radius 2 is 2.10 bits per heavy atom. The Morgan fingerprint density at radius 3 is 2.76 bits per heavy atom. The van der Waals surface area contributed by atoms with Crippen LogP contribution in [0.5, 0.6) is 5.75 Å². The molecule has 5 nitrogen and oxygen atoms in total. The molecule has 0 bridgehead atoms. The standard InChI is InChI=1S/C15H14BrN3O2/c1-7-4-11-13(12(16)9(7)3)21-15(19-11)5-8(2)20-14(18)10(15)6-17/h4-5,19H,18H2,1-3H3/t15-/m0/s1. The predicted molar refractivity (Wildman–Crippen MR) is 82.3 cm³/mol. The number of hydrogen-bond acceptors (Lipinski definition) is 5. The van der Waals surface area contributed by atoms with Gasteiger partial charge in [0, 0.05) is 6.08 Å². The van der Waals surface area contributed by atoms with Crippen LogP contribution in [0.2, 0.25) is 0 Å². The van der Waals surface area contributed by atoms with Gasteiger partial charge in [0.2, 0.25) is 11.6 Å². The summed E-state index contributed by atoms with van der Waals surface area (Å²) in [6.45, 7) is 5.80. The smallest absolute Gasteiger partial charge is 0.245 e. The molecule has 21 heavy (non-hydrogen) atoms. The molecule has 3 N–H and O–H groups in total. The zero-order valence-corrected chi connectivity index (χ0v) is 13.5. The summed E-state index contributed by atoms with van der Waals surface area (Å²) in [6.07, 6.45) is 1.72. The van der Waals surface area contributed by atoms with Crippen LogP contribution in [-0.2, 0) is 4.74 Å². The van der Waals surface area contributed by atoms with Gasteiger partial charge in [-0.3, -0.25) is 0 Å². The van der Waals surface area contributed by atoms with Crippen molar-refractivity contribution in [3.63, 3.8) is 0 Å². The quantitative estimate of drug-likeness (QED) is 0.753. The summed E-state index contributed by atoms with van der Waals surface area (Å²) in [5.74, 6) is 1.31. The maximum Gasteiger partial charge on any atom is 0.245 e. The first-order valence-electron chi connectivity index (χ1n) is 6.42.